The van der Waals surface area contributed by atoms with Crippen LogP contribution < -0.4 is 15.5 Å². The minimum atomic E-state index is -0.193. The lowest BCUT2D eigenvalue weighted by molar-refractivity contribution is 0.206. The number of anilines is 1. The Labute approximate surface area is 142 Å². The maximum atomic E-state index is 12.0. The molecule has 0 atom stereocenters. The Kier molecular flexibility index (Phi) is 7.04. The average molecular weight is 328 g/mol. The van der Waals surface area contributed by atoms with Crippen LogP contribution in [0.3, 0.4) is 0 Å². The van der Waals surface area contributed by atoms with E-state index in [1.54, 1.807) is 19.5 Å². The summed E-state index contributed by atoms with van der Waals surface area (Å²) in [5.41, 5.74) is 3.17. The second-order valence-corrected chi connectivity index (χ2v) is 5.43. The van der Waals surface area contributed by atoms with Gasteiger partial charge in [0.05, 0.1) is 6.61 Å². The number of nitrogens with zero attached hydrogens (tertiary/aromatic N) is 2. The lowest BCUT2D eigenvalue weighted by Crippen LogP contribution is -2.35. The number of hydrogen-bond donors (Lipinski definition) is 2. The number of hydrogen-bond acceptors (Lipinski definition) is 4. The van der Waals surface area contributed by atoms with E-state index in [9.17, 15) is 4.79 Å². The van der Waals surface area contributed by atoms with Gasteiger partial charge >= 0.3 is 6.03 Å². The van der Waals surface area contributed by atoms with Crippen LogP contribution in [0.5, 0.6) is 0 Å². The van der Waals surface area contributed by atoms with Crippen LogP contribution >= 0.6 is 0 Å². The van der Waals surface area contributed by atoms with Gasteiger partial charge in [-0.15, -0.1) is 0 Å². The smallest absolute Gasteiger partial charge is 0.315 e. The van der Waals surface area contributed by atoms with Crippen molar-refractivity contribution in [2.45, 2.75) is 13.1 Å². The van der Waals surface area contributed by atoms with E-state index >= 15 is 0 Å². The average Bonchev–Trinajstić information content (AvgIpc) is 2.63. The summed E-state index contributed by atoms with van der Waals surface area (Å²) in [5.74, 6) is 0. The lowest BCUT2D eigenvalue weighted by atomic mass is 10.1. The molecule has 0 unspecified atom stereocenters. The molecule has 0 fully saturated rings. The minimum Gasteiger partial charge on any atom is -0.383 e. The molecule has 0 aliphatic carbocycles. The minimum absolute atomic E-state index is 0.193. The molecule has 0 saturated carbocycles. The van der Waals surface area contributed by atoms with E-state index in [1.807, 2.05) is 43.4 Å². The summed E-state index contributed by atoms with van der Waals surface area (Å²) in [7, 11) is 3.70. The zero-order chi connectivity index (χ0) is 17.2. The molecule has 0 spiro atoms. The molecule has 1 aromatic carbocycles. The molecule has 2 amide bonds. The third-order valence-electron chi connectivity index (χ3n) is 3.68. The summed E-state index contributed by atoms with van der Waals surface area (Å²) < 4.78 is 5.12. The molecule has 6 nitrogen and oxygen atoms in total. The summed E-state index contributed by atoms with van der Waals surface area (Å²) in [4.78, 5) is 18.0. The van der Waals surface area contributed by atoms with E-state index in [4.69, 9.17) is 4.74 Å². The van der Waals surface area contributed by atoms with Gasteiger partial charge in [0.15, 0.2) is 0 Å². The van der Waals surface area contributed by atoms with Crippen molar-refractivity contribution < 1.29 is 9.53 Å². The Balaban J connectivity index is 1.86. The fourth-order valence-electron chi connectivity index (χ4n) is 2.30. The molecule has 0 aliphatic heterocycles. The Morgan fingerprint density at radius 2 is 1.83 bits per heavy atom. The first-order valence-corrected chi connectivity index (χ1v) is 7.89. The van der Waals surface area contributed by atoms with Gasteiger partial charge in [-0.3, -0.25) is 4.98 Å². The van der Waals surface area contributed by atoms with Crippen LogP contribution in [0.15, 0.2) is 48.8 Å². The van der Waals surface area contributed by atoms with E-state index in [0.717, 1.165) is 23.4 Å². The van der Waals surface area contributed by atoms with Crippen molar-refractivity contribution in [1.29, 1.82) is 0 Å². The van der Waals surface area contributed by atoms with E-state index in [0.29, 0.717) is 19.7 Å². The first-order valence-electron chi connectivity index (χ1n) is 7.89. The Hall–Kier alpha value is -2.60. The fraction of sp³-hybridized carbons (Fsp3) is 0.333. The van der Waals surface area contributed by atoms with Crippen LogP contribution in [0, 0.1) is 0 Å². The number of amides is 2. The van der Waals surface area contributed by atoms with Gasteiger partial charge in [0.1, 0.15) is 0 Å². The monoisotopic (exact) mass is 328 g/mol. The normalized spacial score (nSPS) is 10.2. The number of aromatic nitrogens is 1. The lowest BCUT2D eigenvalue weighted by Gasteiger charge is -2.22. The number of carbonyl (C=O) groups is 1. The van der Waals surface area contributed by atoms with Gasteiger partial charge in [-0.05, 0) is 29.3 Å². The topological polar surface area (TPSA) is 66.5 Å². The van der Waals surface area contributed by atoms with Crippen LogP contribution in [-0.4, -0.2) is 38.3 Å². The molecule has 0 bridgehead atoms. The quantitative estimate of drug-likeness (QED) is 0.779. The summed E-state index contributed by atoms with van der Waals surface area (Å²) >= 11 is 0. The van der Waals surface area contributed by atoms with Crippen molar-refractivity contribution in [3.8, 4) is 0 Å². The van der Waals surface area contributed by atoms with Gasteiger partial charge in [0, 0.05) is 51.9 Å². The van der Waals surface area contributed by atoms with E-state index in [1.165, 1.54) is 0 Å². The highest BCUT2D eigenvalue weighted by atomic mass is 16.5. The predicted octanol–water partition coefficient (Wildman–Crippen LogP) is 2.16. The number of benzene rings is 1. The van der Waals surface area contributed by atoms with Crippen LogP contribution in [0.1, 0.15) is 11.1 Å². The van der Waals surface area contributed by atoms with Gasteiger partial charge < -0.3 is 20.3 Å². The van der Waals surface area contributed by atoms with Gasteiger partial charge in [-0.1, -0.05) is 18.2 Å². The van der Waals surface area contributed by atoms with Crippen LogP contribution in [0.2, 0.25) is 0 Å². The number of methoxy groups -OCH3 is 1. The first-order chi connectivity index (χ1) is 11.7. The van der Waals surface area contributed by atoms with E-state index < -0.39 is 0 Å². The Bertz CT molecular complexity index is 634. The van der Waals surface area contributed by atoms with E-state index in [2.05, 4.69) is 20.5 Å². The van der Waals surface area contributed by atoms with Gasteiger partial charge in [0.2, 0.25) is 0 Å². The third kappa shape index (κ3) is 5.55. The molecule has 2 N–H and O–H groups in total. The van der Waals surface area contributed by atoms with Gasteiger partial charge in [-0.25, -0.2) is 4.79 Å². The maximum absolute atomic E-state index is 12.0. The van der Waals surface area contributed by atoms with E-state index in [-0.39, 0.29) is 6.03 Å². The molecule has 1 heterocycles. The number of nitrogens with one attached hydrogen (secondary N) is 2. The standard InChI is InChI=1S/C18H24N4O2/c1-22(11-12-24-2)17-6-4-3-5-16(17)14-21-18(23)20-13-15-7-9-19-10-8-15/h3-10H,11-14H2,1-2H3,(H2,20,21,23). The van der Waals surface area contributed by atoms with Gasteiger partial charge in [0.25, 0.3) is 0 Å². The first kappa shape index (κ1) is 17.7. The molecule has 0 aliphatic rings. The molecular weight excluding hydrogens is 304 g/mol. The fourth-order valence-corrected chi connectivity index (χ4v) is 2.30. The Morgan fingerprint density at radius 3 is 2.58 bits per heavy atom. The van der Waals surface area contributed by atoms with Crippen molar-refractivity contribution in [3.05, 3.63) is 59.9 Å². The van der Waals surface area contributed by atoms with Crippen LogP contribution in [0.4, 0.5) is 10.5 Å². The largest absolute Gasteiger partial charge is 0.383 e. The Morgan fingerprint density at radius 1 is 1.12 bits per heavy atom. The highest BCUT2D eigenvalue weighted by Crippen LogP contribution is 2.18. The van der Waals surface area contributed by atoms with Crippen molar-refractivity contribution in [2.24, 2.45) is 0 Å². The highest BCUT2D eigenvalue weighted by molar-refractivity contribution is 5.74. The summed E-state index contributed by atoms with van der Waals surface area (Å²) in [6.45, 7) is 2.39. The van der Waals surface area contributed by atoms with Crippen molar-refractivity contribution in [1.82, 2.24) is 15.6 Å². The van der Waals surface area contributed by atoms with Crippen LogP contribution in [-0.2, 0) is 17.8 Å². The molecule has 0 saturated heterocycles. The number of pyridine rings is 1. The molecule has 1 aromatic heterocycles. The molecule has 6 heteroatoms. The third-order valence-corrected chi connectivity index (χ3v) is 3.68. The number of likely N-dealkylation sites (N-methyl/N-ethyl adjacent to an activating group) is 1. The summed E-state index contributed by atoms with van der Waals surface area (Å²) in [5, 5.41) is 5.74. The molecule has 2 aromatic rings. The molecule has 0 radical (unpaired) electrons. The van der Waals surface area contributed by atoms with Crippen molar-refractivity contribution in [2.75, 3.05) is 32.2 Å². The number of ether oxygens (including phenoxy) is 1. The molecule has 2 rings (SSSR count). The number of rotatable bonds is 8. The highest BCUT2D eigenvalue weighted by Gasteiger charge is 2.08. The van der Waals surface area contributed by atoms with Crippen molar-refractivity contribution >= 4 is 11.7 Å². The maximum Gasteiger partial charge on any atom is 0.315 e. The second kappa shape index (κ2) is 9.52. The predicted molar refractivity (Wildman–Crippen MR) is 94.9 cm³/mol. The zero-order valence-electron chi connectivity index (χ0n) is 14.2. The second-order valence-electron chi connectivity index (χ2n) is 5.43. The summed E-state index contributed by atoms with van der Waals surface area (Å²) in [6.07, 6.45) is 3.42. The summed E-state index contributed by atoms with van der Waals surface area (Å²) in [6, 6.07) is 11.6. The molecule has 24 heavy (non-hydrogen) atoms. The van der Waals surface area contributed by atoms with Gasteiger partial charge in [-0.2, -0.15) is 0 Å². The number of para-hydroxylation sites is 1. The number of urea groups is 1. The van der Waals surface area contributed by atoms with Crippen LogP contribution in [0.25, 0.3) is 0 Å². The SMILES string of the molecule is COCCN(C)c1ccccc1CNC(=O)NCc1ccncc1. The molecule has 128 valence electrons. The zero-order valence-corrected chi connectivity index (χ0v) is 14.2. The molecular formula is C18H24N4O2. The van der Waals surface area contributed by atoms with Crippen molar-refractivity contribution in [3.63, 3.8) is 0 Å². The number of carbonyl (C=O) groups excluding carboxylic acids is 1.